The van der Waals surface area contributed by atoms with E-state index in [1.54, 1.807) is 0 Å². The quantitative estimate of drug-likeness (QED) is 0.291. The van der Waals surface area contributed by atoms with Crippen molar-refractivity contribution in [1.82, 2.24) is 9.47 Å². The van der Waals surface area contributed by atoms with Crippen LogP contribution < -0.4 is 4.90 Å². The Labute approximate surface area is 231 Å². The van der Waals surface area contributed by atoms with Gasteiger partial charge in [-0.3, -0.25) is 14.5 Å². The molecule has 0 N–H and O–H groups in total. The lowest BCUT2D eigenvalue weighted by molar-refractivity contribution is -0.142. The number of hydrogen-bond acceptors (Lipinski definition) is 2. The molecule has 3 heterocycles. The highest BCUT2D eigenvalue weighted by molar-refractivity contribution is 6.14. The van der Waals surface area contributed by atoms with Crippen LogP contribution in [0, 0.1) is 11.3 Å². The van der Waals surface area contributed by atoms with E-state index < -0.39 is 10.8 Å². The fraction of sp³-hybridized carbons (Fsp3) is 0.353. The van der Waals surface area contributed by atoms with Gasteiger partial charge in [-0.25, -0.2) is 0 Å². The van der Waals surface area contributed by atoms with Crippen molar-refractivity contribution in [2.45, 2.75) is 52.5 Å². The maximum absolute atomic E-state index is 14.7. The summed E-state index contributed by atoms with van der Waals surface area (Å²) in [6.45, 7) is 10.8. The molecular weight excluding hydrogens is 482 g/mol. The number of anilines is 2. The number of likely N-dealkylation sites (tertiary alicyclic amines) is 1. The van der Waals surface area contributed by atoms with Crippen molar-refractivity contribution >= 4 is 34.1 Å². The average molecular weight is 520 g/mol. The summed E-state index contributed by atoms with van der Waals surface area (Å²) in [6.07, 6.45) is 2.71. The molecule has 1 aromatic heterocycles. The number of carbonyl (C=O) groups is 2. The lowest BCUT2D eigenvalue weighted by Gasteiger charge is -2.39. The molecule has 3 aromatic carbocycles. The van der Waals surface area contributed by atoms with Crippen molar-refractivity contribution < 1.29 is 9.59 Å². The molecule has 1 unspecified atom stereocenters. The normalized spacial score (nSPS) is 21.0. The molecule has 6 rings (SSSR count). The molecule has 2 amide bonds. The molecule has 2 aliphatic heterocycles. The minimum Gasteiger partial charge on any atom is -0.351 e. The van der Waals surface area contributed by atoms with Crippen molar-refractivity contribution in [1.29, 1.82) is 0 Å². The zero-order chi connectivity index (χ0) is 27.7. The number of carbonyl (C=O) groups excluding carboxylic acids is 2. The number of amides is 2. The van der Waals surface area contributed by atoms with Crippen LogP contribution in [-0.2, 0) is 22.1 Å². The van der Waals surface area contributed by atoms with E-state index in [-0.39, 0.29) is 23.8 Å². The van der Waals surface area contributed by atoms with Crippen molar-refractivity contribution in [3.63, 3.8) is 0 Å². The minimum atomic E-state index is -0.760. The number of benzene rings is 3. The van der Waals surface area contributed by atoms with Gasteiger partial charge in [0.1, 0.15) is 0 Å². The van der Waals surface area contributed by atoms with Crippen LogP contribution in [0.2, 0.25) is 0 Å². The van der Waals surface area contributed by atoms with Crippen LogP contribution in [0.3, 0.4) is 0 Å². The average Bonchev–Trinajstić information content (AvgIpc) is 3.56. The summed E-state index contributed by atoms with van der Waals surface area (Å²) < 4.78 is 2.13. The first kappa shape index (κ1) is 25.4. The Bertz CT molecular complexity index is 1610. The number of fused-ring (bicyclic) bond motifs is 3. The van der Waals surface area contributed by atoms with Gasteiger partial charge in [0.2, 0.25) is 11.8 Å². The molecule has 39 heavy (non-hydrogen) atoms. The maximum Gasteiger partial charge on any atom is 0.244 e. The Morgan fingerprint density at radius 1 is 0.949 bits per heavy atom. The molecule has 0 saturated carbocycles. The molecule has 0 radical (unpaired) electrons. The molecule has 1 saturated heterocycles. The lowest BCUT2D eigenvalue weighted by atomic mass is 9.71. The van der Waals surface area contributed by atoms with Crippen LogP contribution in [-0.4, -0.2) is 33.9 Å². The van der Waals surface area contributed by atoms with Gasteiger partial charge < -0.3 is 9.47 Å². The van der Waals surface area contributed by atoms with Gasteiger partial charge in [-0.2, -0.15) is 0 Å². The van der Waals surface area contributed by atoms with Gasteiger partial charge in [0, 0.05) is 36.4 Å². The molecule has 4 aromatic rings. The fourth-order valence-corrected chi connectivity index (χ4v) is 6.96. The second-order valence-electron chi connectivity index (χ2n) is 12.6. The predicted molar refractivity (Wildman–Crippen MR) is 158 cm³/mol. The number of hydrogen-bond donors (Lipinski definition) is 0. The minimum absolute atomic E-state index is 0.0710. The van der Waals surface area contributed by atoms with Crippen LogP contribution in [0.5, 0.6) is 0 Å². The van der Waals surface area contributed by atoms with Crippen LogP contribution in [0.1, 0.15) is 46.6 Å². The Balaban J connectivity index is 1.46. The summed E-state index contributed by atoms with van der Waals surface area (Å²) >= 11 is 0. The SMILES string of the molecule is CC(C)C1N(C(=O)C(C)(C)C)CC[C@@]12C(=O)N(c1cccc(-c3ccc4ccn(C)c4c3)c1)c1ccccc12. The highest BCUT2D eigenvalue weighted by Gasteiger charge is 2.62. The molecule has 5 heteroatoms. The highest BCUT2D eigenvalue weighted by atomic mass is 16.2. The van der Waals surface area contributed by atoms with Crippen molar-refractivity contribution in [2.75, 3.05) is 11.4 Å². The maximum atomic E-state index is 14.7. The Kier molecular flexibility index (Phi) is 5.76. The van der Waals surface area contributed by atoms with E-state index in [1.165, 1.54) is 10.9 Å². The van der Waals surface area contributed by atoms with Gasteiger partial charge in [0.05, 0.1) is 17.1 Å². The highest BCUT2D eigenvalue weighted by Crippen LogP contribution is 2.55. The molecular formula is C34H37N3O2. The van der Waals surface area contributed by atoms with Crippen LogP contribution in [0.4, 0.5) is 11.4 Å². The van der Waals surface area contributed by atoms with E-state index in [4.69, 9.17) is 0 Å². The summed E-state index contributed by atoms with van der Waals surface area (Å²) in [4.78, 5) is 32.2. The zero-order valence-electron chi connectivity index (χ0n) is 23.7. The van der Waals surface area contributed by atoms with Gasteiger partial charge in [0.25, 0.3) is 0 Å². The van der Waals surface area contributed by atoms with Crippen LogP contribution >= 0.6 is 0 Å². The third-order valence-electron chi connectivity index (χ3n) is 8.66. The van der Waals surface area contributed by atoms with Gasteiger partial charge in [-0.1, -0.05) is 77.1 Å². The summed E-state index contributed by atoms with van der Waals surface area (Å²) in [5, 5.41) is 1.21. The molecule has 1 fully saturated rings. The van der Waals surface area contributed by atoms with E-state index in [0.717, 1.165) is 28.1 Å². The zero-order valence-corrected chi connectivity index (χ0v) is 23.7. The monoisotopic (exact) mass is 519 g/mol. The van der Waals surface area contributed by atoms with Gasteiger partial charge in [0.15, 0.2) is 0 Å². The lowest BCUT2D eigenvalue weighted by Crippen LogP contribution is -2.54. The van der Waals surface area contributed by atoms with Crippen molar-refractivity contribution in [3.05, 3.63) is 84.6 Å². The summed E-state index contributed by atoms with van der Waals surface area (Å²) in [6, 6.07) is 24.9. The summed E-state index contributed by atoms with van der Waals surface area (Å²) in [5.74, 6) is 0.306. The third-order valence-corrected chi connectivity index (χ3v) is 8.66. The van der Waals surface area contributed by atoms with Crippen molar-refractivity contribution in [3.8, 4) is 11.1 Å². The van der Waals surface area contributed by atoms with E-state index in [9.17, 15) is 9.59 Å². The molecule has 2 aliphatic rings. The first-order chi connectivity index (χ1) is 18.5. The van der Waals surface area contributed by atoms with Gasteiger partial charge >= 0.3 is 0 Å². The Morgan fingerprint density at radius 2 is 1.69 bits per heavy atom. The van der Waals surface area contributed by atoms with E-state index in [0.29, 0.717) is 13.0 Å². The van der Waals surface area contributed by atoms with Crippen LogP contribution in [0.15, 0.2) is 79.0 Å². The Morgan fingerprint density at radius 3 is 2.44 bits per heavy atom. The number of nitrogens with zero attached hydrogens (tertiary/aromatic N) is 3. The topological polar surface area (TPSA) is 45.6 Å². The molecule has 1 spiro atoms. The predicted octanol–water partition coefficient (Wildman–Crippen LogP) is 7.06. The first-order valence-electron chi connectivity index (χ1n) is 13.9. The second-order valence-corrected chi connectivity index (χ2v) is 12.6. The number of rotatable bonds is 3. The number of aryl methyl sites for hydroxylation is 1. The van der Waals surface area contributed by atoms with Crippen molar-refractivity contribution in [2.24, 2.45) is 18.4 Å². The third kappa shape index (κ3) is 3.74. The molecule has 0 bridgehead atoms. The Hall–Kier alpha value is -3.86. The van der Waals surface area contributed by atoms with Gasteiger partial charge in [-0.15, -0.1) is 0 Å². The summed E-state index contributed by atoms with van der Waals surface area (Å²) in [5.41, 5.74) is 4.91. The summed E-state index contributed by atoms with van der Waals surface area (Å²) in [7, 11) is 2.06. The molecule has 2 atom stereocenters. The molecule has 0 aliphatic carbocycles. The van der Waals surface area contributed by atoms with E-state index >= 15 is 0 Å². The van der Waals surface area contributed by atoms with E-state index in [1.807, 2.05) is 54.8 Å². The number of para-hydroxylation sites is 1. The largest absolute Gasteiger partial charge is 0.351 e. The van der Waals surface area contributed by atoms with Crippen LogP contribution in [0.25, 0.3) is 22.0 Å². The molecule has 200 valence electrons. The first-order valence-corrected chi connectivity index (χ1v) is 13.9. The molecule has 5 nitrogen and oxygen atoms in total. The number of aromatic nitrogens is 1. The standard InChI is InChI=1S/C34H37N3O2/c1-22(2)30-34(17-19-36(30)31(38)33(3,4)5)27-12-7-8-13-28(27)37(32(34)39)26-11-9-10-24(20-26)25-15-14-23-16-18-35(6)29(23)21-25/h7-16,18,20-22,30H,17,19H2,1-6H3/t30?,34-/m0/s1. The van der Waals surface area contributed by atoms with E-state index in [2.05, 4.69) is 80.2 Å². The smallest absolute Gasteiger partial charge is 0.244 e. The second kappa shape index (κ2) is 8.84. The van der Waals surface area contributed by atoms with Gasteiger partial charge in [-0.05, 0) is 64.7 Å². The fourth-order valence-electron chi connectivity index (χ4n) is 6.96.